The molecule has 2 heterocycles. The average molecular weight is 226 g/mol. The maximum Gasteiger partial charge on any atom is 0.0659 e. The molecule has 86 valence electrons. The summed E-state index contributed by atoms with van der Waals surface area (Å²) in [5.41, 5.74) is 4.46. The molecule has 0 aliphatic heterocycles. The van der Waals surface area contributed by atoms with Gasteiger partial charge in [-0.3, -0.25) is 9.97 Å². The van der Waals surface area contributed by atoms with Crippen LogP contribution < -0.4 is 5.32 Å². The van der Waals surface area contributed by atoms with E-state index in [1.54, 1.807) is 12.4 Å². The van der Waals surface area contributed by atoms with E-state index < -0.39 is 0 Å². The molecule has 4 nitrogen and oxygen atoms in total. The maximum atomic E-state index is 7.38. The Morgan fingerprint density at radius 3 is 2.65 bits per heavy atom. The molecule has 0 bridgehead atoms. The highest BCUT2D eigenvalue weighted by atomic mass is 14.9. The second-order valence-electron chi connectivity index (χ2n) is 3.87. The van der Waals surface area contributed by atoms with Gasteiger partial charge in [-0.1, -0.05) is 0 Å². The molecule has 0 aliphatic carbocycles. The lowest BCUT2D eigenvalue weighted by molar-refractivity contribution is 1.18. The van der Waals surface area contributed by atoms with E-state index >= 15 is 0 Å². The highest BCUT2D eigenvalue weighted by molar-refractivity contribution is 5.87. The molecule has 0 saturated heterocycles. The Balaban J connectivity index is 2.32. The van der Waals surface area contributed by atoms with Gasteiger partial charge in [0.25, 0.3) is 0 Å². The number of hydrogen-bond acceptors (Lipinski definition) is 4. The average Bonchev–Trinajstić information content (AvgIpc) is 2.31. The molecule has 4 heteroatoms. The van der Waals surface area contributed by atoms with Crippen molar-refractivity contribution < 1.29 is 0 Å². The third-order valence-corrected chi connectivity index (χ3v) is 2.40. The van der Waals surface area contributed by atoms with Gasteiger partial charge < -0.3 is 10.7 Å². The van der Waals surface area contributed by atoms with E-state index in [1.807, 2.05) is 32.0 Å². The van der Waals surface area contributed by atoms with Crippen LogP contribution in [-0.4, -0.2) is 16.2 Å². The van der Waals surface area contributed by atoms with Crippen molar-refractivity contribution in [3.8, 4) is 0 Å². The molecule has 0 spiro atoms. The Kier molecular flexibility index (Phi) is 3.14. The molecular weight excluding hydrogens is 212 g/mol. The van der Waals surface area contributed by atoms with Gasteiger partial charge in [0, 0.05) is 35.1 Å². The van der Waals surface area contributed by atoms with Crippen molar-refractivity contribution in [1.82, 2.24) is 9.97 Å². The summed E-state index contributed by atoms with van der Waals surface area (Å²) in [5, 5.41) is 10.6. The SMILES string of the molecule is Cc1cc(Nc2cnc(C)cc2C=N)ccn1. The van der Waals surface area contributed by atoms with Crippen molar-refractivity contribution >= 4 is 17.6 Å². The van der Waals surface area contributed by atoms with Crippen LogP contribution in [0.25, 0.3) is 0 Å². The largest absolute Gasteiger partial charge is 0.354 e. The number of aryl methyl sites for hydroxylation is 2. The summed E-state index contributed by atoms with van der Waals surface area (Å²) in [6, 6.07) is 5.72. The van der Waals surface area contributed by atoms with E-state index in [0.29, 0.717) is 0 Å². The Bertz CT molecular complexity index is 549. The molecule has 0 aliphatic rings. The number of nitrogens with zero attached hydrogens (tertiary/aromatic N) is 2. The first-order chi connectivity index (χ1) is 8.19. The molecule has 0 atom stereocenters. The van der Waals surface area contributed by atoms with Gasteiger partial charge in [-0.25, -0.2) is 0 Å². The van der Waals surface area contributed by atoms with Crippen LogP contribution in [0.2, 0.25) is 0 Å². The fourth-order valence-electron chi connectivity index (χ4n) is 1.58. The molecular formula is C13H14N4. The minimum absolute atomic E-state index is 0.826. The van der Waals surface area contributed by atoms with Gasteiger partial charge >= 0.3 is 0 Å². The Hall–Kier alpha value is -2.23. The molecule has 0 amide bonds. The van der Waals surface area contributed by atoms with Crippen LogP contribution in [0, 0.1) is 19.3 Å². The molecule has 0 aromatic carbocycles. The lowest BCUT2D eigenvalue weighted by Crippen LogP contribution is -1.98. The second kappa shape index (κ2) is 4.74. The normalized spacial score (nSPS) is 10.0. The molecule has 2 aromatic rings. The molecule has 2 aromatic heterocycles. The van der Waals surface area contributed by atoms with Gasteiger partial charge in [0.2, 0.25) is 0 Å². The Morgan fingerprint density at radius 1 is 1.18 bits per heavy atom. The summed E-state index contributed by atoms with van der Waals surface area (Å²) in [7, 11) is 0. The van der Waals surface area contributed by atoms with E-state index in [0.717, 1.165) is 28.3 Å². The van der Waals surface area contributed by atoms with Gasteiger partial charge in [-0.15, -0.1) is 0 Å². The minimum Gasteiger partial charge on any atom is -0.354 e. The molecule has 0 fully saturated rings. The van der Waals surface area contributed by atoms with Crippen molar-refractivity contribution in [3.63, 3.8) is 0 Å². The third kappa shape index (κ3) is 2.66. The maximum absolute atomic E-state index is 7.38. The number of nitrogens with one attached hydrogen (secondary N) is 2. The summed E-state index contributed by atoms with van der Waals surface area (Å²) in [6.45, 7) is 3.85. The van der Waals surface area contributed by atoms with Crippen molar-refractivity contribution in [2.75, 3.05) is 5.32 Å². The second-order valence-corrected chi connectivity index (χ2v) is 3.87. The number of aromatic nitrogens is 2. The number of anilines is 2. The third-order valence-electron chi connectivity index (χ3n) is 2.40. The van der Waals surface area contributed by atoms with Crippen LogP contribution in [0.1, 0.15) is 17.0 Å². The fraction of sp³-hybridized carbons (Fsp3) is 0.154. The van der Waals surface area contributed by atoms with Crippen LogP contribution in [0.5, 0.6) is 0 Å². The first-order valence-corrected chi connectivity index (χ1v) is 5.36. The zero-order valence-electron chi connectivity index (χ0n) is 9.86. The van der Waals surface area contributed by atoms with Crippen LogP contribution in [0.15, 0.2) is 30.6 Å². The van der Waals surface area contributed by atoms with Gasteiger partial charge in [0.1, 0.15) is 0 Å². The van der Waals surface area contributed by atoms with E-state index in [4.69, 9.17) is 5.41 Å². The quantitative estimate of drug-likeness (QED) is 0.791. The van der Waals surface area contributed by atoms with Crippen LogP contribution in [0.3, 0.4) is 0 Å². The molecule has 2 N–H and O–H groups in total. The molecule has 2 rings (SSSR count). The first-order valence-electron chi connectivity index (χ1n) is 5.36. The van der Waals surface area contributed by atoms with Crippen molar-refractivity contribution in [2.45, 2.75) is 13.8 Å². The van der Waals surface area contributed by atoms with Gasteiger partial charge in [-0.2, -0.15) is 0 Å². The predicted octanol–water partition coefficient (Wildman–Crippen LogP) is 2.83. The molecule has 0 saturated carbocycles. The smallest absolute Gasteiger partial charge is 0.0659 e. The number of pyridine rings is 2. The summed E-state index contributed by atoms with van der Waals surface area (Å²) < 4.78 is 0. The van der Waals surface area contributed by atoms with Gasteiger partial charge in [0.15, 0.2) is 0 Å². The summed E-state index contributed by atoms with van der Waals surface area (Å²) in [5.74, 6) is 0. The van der Waals surface area contributed by atoms with Crippen LogP contribution in [-0.2, 0) is 0 Å². The highest BCUT2D eigenvalue weighted by Crippen LogP contribution is 2.19. The van der Waals surface area contributed by atoms with Gasteiger partial charge in [-0.05, 0) is 32.0 Å². The lowest BCUT2D eigenvalue weighted by Gasteiger charge is -2.09. The minimum atomic E-state index is 0.826. The predicted molar refractivity (Wildman–Crippen MR) is 69.1 cm³/mol. The number of rotatable bonds is 3. The van der Waals surface area contributed by atoms with E-state index in [-0.39, 0.29) is 0 Å². The van der Waals surface area contributed by atoms with Crippen molar-refractivity contribution in [2.24, 2.45) is 0 Å². The van der Waals surface area contributed by atoms with Crippen LogP contribution in [0.4, 0.5) is 11.4 Å². The van der Waals surface area contributed by atoms with Crippen LogP contribution >= 0.6 is 0 Å². The first kappa shape index (κ1) is 11.3. The summed E-state index contributed by atoms with van der Waals surface area (Å²) in [4.78, 5) is 8.36. The standard InChI is InChI=1S/C13H14N4/c1-9-5-11(7-14)13(8-16-9)17-12-3-4-15-10(2)6-12/h3-8,14H,1-2H3,(H,15,17). The van der Waals surface area contributed by atoms with E-state index in [9.17, 15) is 0 Å². The molecule has 0 radical (unpaired) electrons. The van der Waals surface area contributed by atoms with Gasteiger partial charge in [0.05, 0.1) is 11.9 Å². The fourth-order valence-corrected chi connectivity index (χ4v) is 1.58. The zero-order valence-corrected chi connectivity index (χ0v) is 9.86. The zero-order chi connectivity index (χ0) is 12.3. The van der Waals surface area contributed by atoms with Crippen molar-refractivity contribution in [3.05, 3.63) is 47.5 Å². The Morgan fingerprint density at radius 2 is 1.94 bits per heavy atom. The summed E-state index contributed by atoms with van der Waals surface area (Å²) in [6.07, 6.45) is 4.82. The monoisotopic (exact) mass is 226 g/mol. The van der Waals surface area contributed by atoms with E-state index in [2.05, 4.69) is 15.3 Å². The van der Waals surface area contributed by atoms with E-state index in [1.165, 1.54) is 6.21 Å². The van der Waals surface area contributed by atoms with Crippen molar-refractivity contribution in [1.29, 1.82) is 5.41 Å². The lowest BCUT2D eigenvalue weighted by atomic mass is 10.2. The highest BCUT2D eigenvalue weighted by Gasteiger charge is 2.02. The topological polar surface area (TPSA) is 61.7 Å². The summed E-state index contributed by atoms with van der Waals surface area (Å²) >= 11 is 0. The molecule has 0 unspecified atom stereocenters. The number of hydrogen-bond donors (Lipinski definition) is 2. The Labute approximate surface area is 100 Å². The molecule has 17 heavy (non-hydrogen) atoms.